The number of hydrogen-bond acceptors (Lipinski definition) is 6. The molecule has 0 aliphatic carbocycles. The molecule has 0 bridgehead atoms. The standard InChI is InChI=1S/C31H48O6Si4/c1-32-39(33-2,29-17-11-8-12-18-29)26-23-38(7,24-27-40(34-3,35-4)30-19-13-9-14-20-30)25-28-41(36-5,37-6)31-21-15-10-16-22-31/h8-22H,23-28H2,1-7H3. The van der Waals surface area contributed by atoms with Crippen molar-refractivity contribution in [3.63, 3.8) is 0 Å². The van der Waals surface area contributed by atoms with Gasteiger partial charge in [0, 0.05) is 42.7 Å². The first-order valence-corrected chi connectivity index (χ1v) is 23.5. The quantitative estimate of drug-likeness (QED) is 0.185. The number of hydrogen-bond donors (Lipinski definition) is 0. The molecule has 0 spiro atoms. The highest BCUT2D eigenvalue weighted by Crippen LogP contribution is 2.35. The second-order valence-electron chi connectivity index (χ2n) is 10.9. The van der Waals surface area contributed by atoms with Gasteiger partial charge in [0.25, 0.3) is 0 Å². The minimum absolute atomic E-state index is 0.895. The van der Waals surface area contributed by atoms with Crippen molar-refractivity contribution in [2.45, 2.75) is 42.8 Å². The van der Waals surface area contributed by atoms with E-state index in [1.54, 1.807) is 42.7 Å². The van der Waals surface area contributed by atoms with Crippen molar-refractivity contribution in [3.05, 3.63) is 91.0 Å². The molecular weight excluding hydrogens is 581 g/mol. The van der Waals surface area contributed by atoms with Crippen LogP contribution in [0.25, 0.3) is 0 Å². The molecule has 0 saturated carbocycles. The predicted octanol–water partition coefficient (Wildman–Crippen LogP) is 4.99. The molecule has 0 aliphatic rings. The molecule has 0 fully saturated rings. The topological polar surface area (TPSA) is 55.4 Å². The number of rotatable bonds is 18. The summed E-state index contributed by atoms with van der Waals surface area (Å²) in [5.74, 6) is 0. The molecule has 0 atom stereocenters. The van der Waals surface area contributed by atoms with Crippen molar-refractivity contribution in [1.82, 2.24) is 0 Å². The highest BCUT2D eigenvalue weighted by atomic mass is 28.4. The van der Waals surface area contributed by atoms with Crippen LogP contribution in [0, 0.1) is 0 Å². The van der Waals surface area contributed by atoms with Gasteiger partial charge >= 0.3 is 25.7 Å². The molecule has 0 radical (unpaired) electrons. The van der Waals surface area contributed by atoms with E-state index in [4.69, 9.17) is 26.6 Å². The van der Waals surface area contributed by atoms with E-state index in [9.17, 15) is 0 Å². The Balaban J connectivity index is 1.94. The van der Waals surface area contributed by atoms with Crippen LogP contribution in [0.1, 0.15) is 0 Å². The number of benzene rings is 3. The molecule has 6 nitrogen and oxygen atoms in total. The zero-order chi connectivity index (χ0) is 29.8. The molecule has 224 valence electrons. The Bertz CT molecular complexity index is 997. The van der Waals surface area contributed by atoms with Gasteiger partial charge in [0.2, 0.25) is 0 Å². The second kappa shape index (κ2) is 15.7. The Hall–Kier alpha value is -1.71. The van der Waals surface area contributed by atoms with E-state index >= 15 is 0 Å². The lowest BCUT2D eigenvalue weighted by molar-refractivity contribution is 0.258. The minimum Gasteiger partial charge on any atom is -0.394 e. The summed E-state index contributed by atoms with van der Waals surface area (Å²) in [5.41, 5.74) is 0. The summed E-state index contributed by atoms with van der Waals surface area (Å²) in [7, 11) is 1.02. The van der Waals surface area contributed by atoms with Crippen molar-refractivity contribution in [3.8, 4) is 0 Å². The molecule has 3 rings (SSSR count). The molecule has 3 aromatic rings. The Morgan fingerprint density at radius 2 is 0.585 bits per heavy atom. The second-order valence-corrected chi connectivity index (χ2v) is 26.2. The highest BCUT2D eigenvalue weighted by molar-refractivity contribution is 6.89. The zero-order valence-corrected chi connectivity index (χ0v) is 29.9. The maximum atomic E-state index is 6.24. The van der Waals surface area contributed by atoms with E-state index in [1.807, 2.05) is 18.2 Å². The molecule has 0 amide bonds. The molecular formula is C31H48O6Si4. The molecule has 0 saturated heterocycles. The highest BCUT2D eigenvalue weighted by Gasteiger charge is 2.46. The van der Waals surface area contributed by atoms with Gasteiger partial charge < -0.3 is 26.6 Å². The Labute approximate surface area is 251 Å². The van der Waals surface area contributed by atoms with Crippen LogP contribution in [-0.4, -0.2) is 76.4 Å². The van der Waals surface area contributed by atoms with Crippen LogP contribution in [0.4, 0.5) is 0 Å². The molecule has 3 aromatic carbocycles. The minimum atomic E-state index is -2.61. The Morgan fingerprint density at radius 1 is 0.366 bits per heavy atom. The van der Waals surface area contributed by atoms with Crippen molar-refractivity contribution in [2.24, 2.45) is 0 Å². The van der Waals surface area contributed by atoms with Gasteiger partial charge in [0.05, 0.1) is 8.07 Å². The predicted molar refractivity (Wildman–Crippen MR) is 178 cm³/mol. The van der Waals surface area contributed by atoms with Gasteiger partial charge in [0.1, 0.15) is 0 Å². The van der Waals surface area contributed by atoms with Gasteiger partial charge in [-0.25, -0.2) is 0 Å². The lowest BCUT2D eigenvalue weighted by Crippen LogP contribution is -2.56. The maximum Gasteiger partial charge on any atom is 0.371 e. The smallest absolute Gasteiger partial charge is 0.371 e. The van der Waals surface area contributed by atoms with E-state index in [0.29, 0.717) is 0 Å². The largest absolute Gasteiger partial charge is 0.394 e. The molecule has 0 N–H and O–H groups in total. The van der Waals surface area contributed by atoms with Crippen LogP contribution in [-0.2, 0) is 26.6 Å². The van der Waals surface area contributed by atoms with E-state index in [-0.39, 0.29) is 0 Å². The van der Waals surface area contributed by atoms with Crippen LogP contribution >= 0.6 is 0 Å². The van der Waals surface area contributed by atoms with Gasteiger partial charge in [-0.05, 0) is 33.7 Å². The van der Waals surface area contributed by atoms with Crippen LogP contribution in [0.15, 0.2) is 91.0 Å². The van der Waals surface area contributed by atoms with Gasteiger partial charge in [-0.2, -0.15) is 0 Å². The molecule has 0 unspecified atom stereocenters. The molecule has 10 heteroatoms. The summed E-state index contributed by atoms with van der Waals surface area (Å²) in [6.45, 7) is 2.52. The fourth-order valence-electron chi connectivity index (χ4n) is 5.85. The van der Waals surface area contributed by atoms with Crippen LogP contribution < -0.4 is 15.6 Å². The summed E-state index contributed by atoms with van der Waals surface area (Å²) in [6, 6.07) is 37.3. The molecule has 0 aliphatic heterocycles. The third-order valence-corrected chi connectivity index (χ3v) is 25.0. The lowest BCUT2D eigenvalue weighted by Gasteiger charge is -2.37. The molecule has 0 aromatic heterocycles. The first-order valence-electron chi connectivity index (χ1n) is 14.3. The summed E-state index contributed by atoms with van der Waals surface area (Å²) in [4.78, 5) is 0. The first-order chi connectivity index (χ1) is 19.8. The van der Waals surface area contributed by atoms with E-state index in [1.165, 1.54) is 15.6 Å². The van der Waals surface area contributed by atoms with Gasteiger partial charge in [-0.1, -0.05) is 116 Å². The average Bonchev–Trinajstić information content (AvgIpc) is 3.05. The van der Waals surface area contributed by atoms with E-state index in [0.717, 1.165) is 36.3 Å². The monoisotopic (exact) mass is 628 g/mol. The van der Waals surface area contributed by atoms with Crippen LogP contribution in [0.2, 0.25) is 42.8 Å². The van der Waals surface area contributed by atoms with Crippen molar-refractivity contribution >= 4 is 49.3 Å². The van der Waals surface area contributed by atoms with E-state index in [2.05, 4.69) is 79.3 Å². The van der Waals surface area contributed by atoms with Crippen molar-refractivity contribution in [2.75, 3.05) is 42.7 Å². The van der Waals surface area contributed by atoms with E-state index < -0.39 is 33.8 Å². The fourth-order valence-corrected chi connectivity index (χ4v) is 23.9. The first kappa shape index (κ1) is 33.8. The average molecular weight is 629 g/mol. The SMILES string of the molecule is CO[Si](CC[Si](C)(CC[Si](OC)(OC)c1ccccc1)CC[Si](OC)(OC)c1ccccc1)(OC)c1ccccc1. The van der Waals surface area contributed by atoms with Crippen molar-refractivity contribution < 1.29 is 26.6 Å². The normalized spacial score (nSPS) is 13.0. The van der Waals surface area contributed by atoms with Gasteiger partial charge in [0.15, 0.2) is 0 Å². The van der Waals surface area contributed by atoms with Gasteiger partial charge in [-0.3, -0.25) is 0 Å². The summed E-state index contributed by atoms with van der Waals surface area (Å²) >= 11 is 0. The third kappa shape index (κ3) is 8.02. The lowest BCUT2D eigenvalue weighted by atomic mass is 10.4. The zero-order valence-electron chi connectivity index (χ0n) is 25.9. The summed E-state index contributed by atoms with van der Waals surface area (Å²) < 4.78 is 37.4. The van der Waals surface area contributed by atoms with Gasteiger partial charge in [-0.15, -0.1) is 0 Å². The van der Waals surface area contributed by atoms with Crippen LogP contribution in [0.3, 0.4) is 0 Å². The molecule has 0 heterocycles. The Kier molecular flexibility index (Phi) is 12.9. The Morgan fingerprint density at radius 3 is 0.780 bits per heavy atom. The third-order valence-electron chi connectivity index (χ3n) is 8.79. The fraction of sp³-hybridized carbons (Fsp3) is 0.419. The maximum absolute atomic E-state index is 6.24. The van der Waals surface area contributed by atoms with Crippen molar-refractivity contribution in [1.29, 1.82) is 0 Å². The van der Waals surface area contributed by atoms with Crippen LogP contribution in [0.5, 0.6) is 0 Å². The molecule has 41 heavy (non-hydrogen) atoms. The summed E-state index contributed by atoms with van der Waals surface area (Å²) in [6.07, 6.45) is 0. The summed E-state index contributed by atoms with van der Waals surface area (Å²) in [5, 5.41) is 3.51.